The summed E-state index contributed by atoms with van der Waals surface area (Å²) >= 11 is 0. The third-order valence-electron chi connectivity index (χ3n) is 2.11. The first-order valence-corrected chi connectivity index (χ1v) is 7.38. The van der Waals surface area contributed by atoms with Crippen molar-refractivity contribution < 1.29 is 23.1 Å². The number of carboxylic acid groups (broad SMARTS) is 1. The fourth-order valence-corrected chi connectivity index (χ4v) is 2.33. The average Bonchev–Trinajstić information content (AvgIpc) is 2.14. The Morgan fingerprint density at radius 1 is 1.28 bits per heavy atom. The van der Waals surface area contributed by atoms with E-state index >= 15 is 0 Å². The SMILES string of the molecule is CCNS(=O)(=O)CCNC(=O)CC(C)CC(=O)O. The number of nitrogens with one attached hydrogen (secondary N) is 2. The van der Waals surface area contributed by atoms with Crippen LogP contribution in [0.25, 0.3) is 0 Å². The van der Waals surface area contributed by atoms with Crippen LogP contribution in [0.3, 0.4) is 0 Å². The van der Waals surface area contributed by atoms with Crippen molar-refractivity contribution in [2.24, 2.45) is 5.92 Å². The molecule has 0 fully saturated rings. The minimum Gasteiger partial charge on any atom is -0.481 e. The van der Waals surface area contributed by atoms with Crippen molar-refractivity contribution in [1.29, 1.82) is 0 Å². The van der Waals surface area contributed by atoms with Gasteiger partial charge in [0.25, 0.3) is 0 Å². The standard InChI is InChI=1S/C10H20N2O5S/c1-3-12-18(16,17)5-4-11-9(13)6-8(2)7-10(14)15/h8,12H,3-7H2,1-2H3,(H,11,13)(H,14,15). The topological polar surface area (TPSA) is 113 Å². The van der Waals surface area contributed by atoms with Gasteiger partial charge in [-0.1, -0.05) is 13.8 Å². The predicted octanol–water partition coefficient (Wildman–Crippen LogP) is -0.457. The molecule has 7 nitrogen and oxygen atoms in total. The van der Waals surface area contributed by atoms with E-state index in [2.05, 4.69) is 10.0 Å². The molecule has 0 bridgehead atoms. The molecular formula is C10H20N2O5S. The number of hydrogen-bond donors (Lipinski definition) is 3. The predicted molar refractivity (Wildman–Crippen MR) is 66.5 cm³/mol. The van der Waals surface area contributed by atoms with Gasteiger partial charge in [-0.15, -0.1) is 0 Å². The van der Waals surface area contributed by atoms with Gasteiger partial charge in [0.1, 0.15) is 0 Å². The van der Waals surface area contributed by atoms with E-state index in [0.717, 1.165) is 0 Å². The number of carbonyl (C=O) groups excluding carboxylic acids is 1. The fourth-order valence-electron chi connectivity index (χ4n) is 1.38. The number of hydrogen-bond acceptors (Lipinski definition) is 4. The molecule has 1 amide bonds. The lowest BCUT2D eigenvalue weighted by Crippen LogP contribution is -2.34. The molecule has 0 saturated heterocycles. The van der Waals surface area contributed by atoms with Crippen LogP contribution in [0.15, 0.2) is 0 Å². The molecule has 0 aliphatic rings. The van der Waals surface area contributed by atoms with Gasteiger partial charge in [-0.3, -0.25) is 9.59 Å². The molecule has 1 atom stereocenters. The van der Waals surface area contributed by atoms with Crippen LogP contribution in [0.1, 0.15) is 26.7 Å². The highest BCUT2D eigenvalue weighted by Crippen LogP contribution is 2.06. The van der Waals surface area contributed by atoms with Crippen LogP contribution in [0.2, 0.25) is 0 Å². The molecule has 8 heteroatoms. The summed E-state index contributed by atoms with van der Waals surface area (Å²) in [6.07, 6.45) is -0.00331. The lowest BCUT2D eigenvalue weighted by molar-refractivity contribution is -0.138. The highest BCUT2D eigenvalue weighted by molar-refractivity contribution is 7.89. The van der Waals surface area contributed by atoms with Crippen molar-refractivity contribution in [3.05, 3.63) is 0 Å². The van der Waals surface area contributed by atoms with Crippen LogP contribution in [0.5, 0.6) is 0 Å². The zero-order chi connectivity index (χ0) is 14.2. The van der Waals surface area contributed by atoms with Crippen LogP contribution in [0, 0.1) is 5.92 Å². The second kappa shape index (κ2) is 8.04. The minimum absolute atomic E-state index is 0.0218. The quantitative estimate of drug-likeness (QED) is 0.529. The van der Waals surface area contributed by atoms with Crippen molar-refractivity contribution in [3.8, 4) is 0 Å². The molecule has 0 spiro atoms. The van der Waals surface area contributed by atoms with Crippen molar-refractivity contribution in [2.45, 2.75) is 26.7 Å². The third kappa shape index (κ3) is 8.94. The summed E-state index contributed by atoms with van der Waals surface area (Å²) in [6, 6.07) is 0. The van der Waals surface area contributed by atoms with Gasteiger partial charge in [-0.25, -0.2) is 13.1 Å². The Balaban J connectivity index is 3.88. The lowest BCUT2D eigenvalue weighted by Gasteiger charge is -2.09. The number of carbonyl (C=O) groups is 2. The van der Waals surface area contributed by atoms with Crippen molar-refractivity contribution in [2.75, 3.05) is 18.8 Å². The maximum absolute atomic E-state index is 11.4. The molecular weight excluding hydrogens is 260 g/mol. The Labute approximate surface area is 107 Å². The summed E-state index contributed by atoms with van der Waals surface area (Å²) < 4.78 is 24.8. The maximum Gasteiger partial charge on any atom is 0.303 e. The molecule has 0 aromatic carbocycles. The summed E-state index contributed by atoms with van der Waals surface area (Å²) in [4.78, 5) is 21.7. The Bertz CT molecular complexity index is 380. The number of aliphatic carboxylic acids is 1. The summed E-state index contributed by atoms with van der Waals surface area (Å²) in [5.41, 5.74) is 0. The van der Waals surface area contributed by atoms with E-state index < -0.39 is 16.0 Å². The molecule has 1 unspecified atom stereocenters. The lowest BCUT2D eigenvalue weighted by atomic mass is 10.0. The highest BCUT2D eigenvalue weighted by atomic mass is 32.2. The molecule has 0 heterocycles. The summed E-state index contributed by atoms with van der Waals surface area (Å²) in [6.45, 7) is 3.66. The largest absolute Gasteiger partial charge is 0.481 e. The summed E-state index contributed by atoms with van der Waals surface area (Å²) in [5, 5.41) is 11.0. The average molecular weight is 280 g/mol. The van der Waals surface area contributed by atoms with E-state index in [1.807, 2.05) is 0 Å². The minimum atomic E-state index is -3.33. The molecule has 106 valence electrons. The second-order valence-corrected chi connectivity index (χ2v) is 6.00. The third-order valence-corrected chi connectivity index (χ3v) is 3.58. The zero-order valence-electron chi connectivity index (χ0n) is 10.6. The molecule has 0 aliphatic carbocycles. The second-order valence-electron chi connectivity index (χ2n) is 4.07. The first-order chi connectivity index (χ1) is 8.26. The van der Waals surface area contributed by atoms with Gasteiger partial charge in [0, 0.05) is 25.9 Å². The molecule has 0 radical (unpaired) electrons. The Hall–Kier alpha value is -1.15. The van der Waals surface area contributed by atoms with Crippen molar-refractivity contribution in [3.63, 3.8) is 0 Å². The molecule has 0 rings (SSSR count). The first-order valence-electron chi connectivity index (χ1n) is 5.72. The molecule has 0 aliphatic heterocycles. The smallest absolute Gasteiger partial charge is 0.303 e. The van der Waals surface area contributed by atoms with Crippen LogP contribution in [-0.2, 0) is 19.6 Å². The van der Waals surface area contributed by atoms with Gasteiger partial charge in [-0.2, -0.15) is 0 Å². The van der Waals surface area contributed by atoms with E-state index in [4.69, 9.17) is 5.11 Å². The first kappa shape index (κ1) is 16.9. The number of amides is 1. The van der Waals surface area contributed by atoms with E-state index in [1.54, 1.807) is 13.8 Å². The zero-order valence-corrected chi connectivity index (χ0v) is 11.4. The van der Waals surface area contributed by atoms with Crippen LogP contribution >= 0.6 is 0 Å². The molecule has 0 saturated carbocycles. The van der Waals surface area contributed by atoms with E-state index in [-0.39, 0.29) is 37.0 Å². The molecule has 18 heavy (non-hydrogen) atoms. The highest BCUT2D eigenvalue weighted by Gasteiger charge is 2.13. The van der Waals surface area contributed by atoms with Gasteiger partial charge in [-0.05, 0) is 5.92 Å². The summed E-state index contributed by atoms with van der Waals surface area (Å²) in [5.74, 6) is -1.74. The van der Waals surface area contributed by atoms with E-state index in [9.17, 15) is 18.0 Å². The fraction of sp³-hybridized carbons (Fsp3) is 0.800. The number of sulfonamides is 1. The van der Waals surface area contributed by atoms with E-state index in [0.29, 0.717) is 6.54 Å². The van der Waals surface area contributed by atoms with E-state index in [1.165, 1.54) is 0 Å². The van der Waals surface area contributed by atoms with Crippen LogP contribution in [0.4, 0.5) is 0 Å². The van der Waals surface area contributed by atoms with Crippen LogP contribution < -0.4 is 10.0 Å². The van der Waals surface area contributed by atoms with Gasteiger partial charge >= 0.3 is 5.97 Å². The van der Waals surface area contributed by atoms with Crippen molar-refractivity contribution in [1.82, 2.24) is 10.0 Å². The Morgan fingerprint density at radius 2 is 1.89 bits per heavy atom. The monoisotopic (exact) mass is 280 g/mol. The Kier molecular flexibility index (Phi) is 7.53. The van der Waals surface area contributed by atoms with Crippen LogP contribution in [-0.4, -0.2) is 44.2 Å². The summed E-state index contributed by atoms with van der Waals surface area (Å²) in [7, 11) is -3.33. The maximum atomic E-state index is 11.4. The van der Waals surface area contributed by atoms with Gasteiger partial charge in [0.05, 0.1) is 5.75 Å². The van der Waals surface area contributed by atoms with Gasteiger partial charge in [0.2, 0.25) is 15.9 Å². The van der Waals surface area contributed by atoms with Gasteiger partial charge in [0.15, 0.2) is 0 Å². The Morgan fingerprint density at radius 3 is 2.39 bits per heavy atom. The van der Waals surface area contributed by atoms with Crippen molar-refractivity contribution >= 4 is 21.9 Å². The number of rotatable bonds is 9. The molecule has 0 aromatic rings. The molecule has 0 aromatic heterocycles. The number of carboxylic acids is 1. The van der Waals surface area contributed by atoms with Gasteiger partial charge < -0.3 is 10.4 Å². The molecule has 3 N–H and O–H groups in total. The normalized spacial score (nSPS) is 13.0.